The molecule has 70 valence electrons. The minimum atomic E-state index is -0.989. The van der Waals surface area contributed by atoms with Crippen molar-refractivity contribution in [1.29, 1.82) is 0 Å². The average molecular weight is 175 g/mol. The van der Waals surface area contributed by atoms with Gasteiger partial charge >= 0.3 is 5.97 Å². The molecule has 0 bridgehead atoms. The van der Waals surface area contributed by atoms with Gasteiger partial charge in [-0.3, -0.25) is 10.1 Å². The molecule has 0 aromatic rings. The van der Waals surface area contributed by atoms with Gasteiger partial charge in [0.25, 0.3) is 0 Å². The first kappa shape index (κ1) is 11.1. The molecule has 0 fully saturated rings. The van der Waals surface area contributed by atoms with Crippen LogP contribution in [0.15, 0.2) is 12.7 Å². The van der Waals surface area contributed by atoms with E-state index in [-0.39, 0.29) is 6.54 Å². The van der Waals surface area contributed by atoms with Crippen LogP contribution in [-0.2, 0) is 9.53 Å². The lowest BCUT2D eigenvalue weighted by atomic mass is 10.3. The van der Waals surface area contributed by atoms with E-state index in [0.717, 1.165) is 0 Å². The molecule has 0 saturated carbocycles. The highest BCUT2D eigenvalue weighted by Gasteiger charge is 2.14. The van der Waals surface area contributed by atoms with Crippen LogP contribution in [0.1, 0.15) is 6.92 Å². The van der Waals surface area contributed by atoms with Crippen molar-refractivity contribution in [2.75, 3.05) is 13.7 Å². The number of hydrogen-bond acceptors (Lipinski definition) is 3. The van der Waals surface area contributed by atoms with E-state index in [2.05, 4.69) is 16.6 Å². The van der Waals surface area contributed by atoms with Crippen molar-refractivity contribution in [3.05, 3.63) is 12.7 Å². The summed E-state index contributed by atoms with van der Waals surface area (Å²) in [6, 6.07) is -0.617. The number of ether oxygens (including phenoxy) is 1. The van der Waals surface area contributed by atoms with Crippen molar-refractivity contribution in [1.82, 2.24) is 5.32 Å². The average Bonchev–Trinajstić information content (AvgIpc) is 2.04. The molecule has 0 aliphatic carbocycles. The van der Waals surface area contributed by atoms with E-state index in [1.807, 2.05) is 0 Å². The van der Waals surface area contributed by atoms with Crippen LogP contribution in [0.5, 0.6) is 0 Å². The van der Waals surface area contributed by atoms with Crippen LogP contribution in [0, 0.1) is 0 Å². The van der Waals surface area contributed by atoms with Crippen molar-refractivity contribution >= 4 is 5.97 Å². The number of carbonyl (C=O) groups excluding carboxylic acids is 1. The molecule has 4 heteroatoms. The molecule has 0 spiro atoms. The van der Waals surface area contributed by atoms with Gasteiger partial charge in [0.1, 0.15) is 12.2 Å². The quantitative estimate of drug-likeness (QED) is 0.493. The van der Waals surface area contributed by atoms with Crippen LogP contribution in [0.25, 0.3) is 0 Å². The zero-order valence-corrected chi connectivity index (χ0v) is 7.34. The smallest absolute Gasteiger partial charge is 0.326 e. The summed E-state index contributed by atoms with van der Waals surface area (Å²) in [5.74, 6) is -0.453. The molecule has 0 amide bonds. The first-order valence-electron chi connectivity index (χ1n) is 3.69. The number of methoxy groups -OCH3 is 1. The largest absolute Gasteiger partial charge is 0.468 e. The summed E-state index contributed by atoms with van der Waals surface area (Å²) in [5.41, 5.74) is 0. The third-order valence-electron chi connectivity index (χ3n) is 1.31. The van der Waals surface area contributed by atoms with E-state index in [1.54, 1.807) is 0 Å². The summed E-state index contributed by atoms with van der Waals surface area (Å²) in [7, 11) is 1.28. The maximum absolute atomic E-state index is 12.3. The number of carbonyl (C=O) groups is 1. The van der Waals surface area contributed by atoms with Crippen LogP contribution in [0.3, 0.4) is 0 Å². The van der Waals surface area contributed by atoms with Gasteiger partial charge in [-0.25, -0.2) is 4.39 Å². The van der Waals surface area contributed by atoms with Gasteiger partial charge in [0.15, 0.2) is 0 Å². The predicted octanol–water partition coefficient (Wildman–Crippen LogP) is 0.662. The molecule has 0 aromatic carbocycles. The van der Waals surface area contributed by atoms with Crippen LogP contribution in [0.2, 0.25) is 0 Å². The van der Waals surface area contributed by atoms with E-state index in [4.69, 9.17) is 0 Å². The van der Waals surface area contributed by atoms with Crippen molar-refractivity contribution in [3.63, 3.8) is 0 Å². The molecule has 0 aliphatic rings. The topological polar surface area (TPSA) is 38.3 Å². The normalized spacial score (nSPS) is 14.9. The number of hydrogen-bond donors (Lipinski definition) is 1. The van der Waals surface area contributed by atoms with Gasteiger partial charge in [-0.05, 0) is 6.92 Å². The Morgan fingerprint density at radius 1 is 1.83 bits per heavy atom. The lowest BCUT2D eigenvalue weighted by Crippen LogP contribution is -2.38. The van der Waals surface area contributed by atoms with Gasteiger partial charge in [-0.15, -0.1) is 6.58 Å². The molecule has 0 radical (unpaired) electrons. The van der Waals surface area contributed by atoms with Crippen molar-refractivity contribution in [2.24, 2.45) is 0 Å². The summed E-state index contributed by atoms with van der Waals surface area (Å²) < 4.78 is 16.8. The second kappa shape index (κ2) is 5.71. The molecule has 12 heavy (non-hydrogen) atoms. The summed E-state index contributed by atoms with van der Waals surface area (Å²) in [5, 5.41) is 2.65. The Labute approximate surface area is 71.6 Å². The van der Waals surface area contributed by atoms with E-state index < -0.39 is 18.2 Å². The third kappa shape index (κ3) is 4.08. The highest BCUT2D eigenvalue weighted by Crippen LogP contribution is 1.91. The van der Waals surface area contributed by atoms with Gasteiger partial charge in [0.05, 0.1) is 7.11 Å². The lowest BCUT2D eigenvalue weighted by Gasteiger charge is -2.12. The minimum Gasteiger partial charge on any atom is -0.468 e. The van der Waals surface area contributed by atoms with Crippen molar-refractivity contribution in [3.8, 4) is 0 Å². The number of rotatable bonds is 5. The van der Waals surface area contributed by atoms with E-state index in [1.165, 1.54) is 20.1 Å². The first-order chi connectivity index (χ1) is 5.61. The first-order valence-corrected chi connectivity index (χ1v) is 3.69. The number of alkyl halides is 1. The molecule has 0 unspecified atom stereocenters. The summed E-state index contributed by atoms with van der Waals surface area (Å²) in [6.07, 6.45) is 0.394. The Balaban J connectivity index is 3.83. The summed E-state index contributed by atoms with van der Waals surface area (Å²) in [4.78, 5) is 10.9. The molecule has 0 heterocycles. The summed E-state index contributed by atoms with van der Waals surface area (Å²) in [6.45, 7) is 4.95. The molecule has 2 atom stereocenters. The van der Waals surface area contributed by atoms with Crippen LogP contribution < -0.4 is 5.32 Å². The maximum atomic E-state index is 12.3. The molecular formula is C8H14FNO2. The zero-order valence-electron chi connectivity index (χ0n) is 7.34. The lowest BCUT2D eigenvalue weighted by molar-refractivity contribution is -0.141. The third-order valence-corrected chi connectivity index (χ3v) is 1.31. The Morgan fingerprint density at radius 3 is 2.75 bits per heavy atom. The fraction of sp³-hybridized carbons (Fsp3) is 0.625. The maximum Gasteiger partial charge on any atom is 0.326 e. The Morgan fingerprint density at radius 2 is 2.42 bits per heavy atom. The number of halogens is 1. The molecule has 0 saturated heterocycles. The molecule has 0 aromatic heterocycles. The van der Waals surface area contributed by atoms with Gasteiger partial charge in [-0.2, -0.15) is 0 Å². The van der Waals surface area contributed by atoms with Gasteiger partial charge in [0.2, 0.25) is 0 Å². The van der Waals surface area contributed by atoms with E-state index in [9.17, 15) is 9.18 Å². The standard InChI is InChI=1S/C8H14FNO2/c1-4-7(8(11)12-3)10-5-6(2)9/h4,6-7,10H,1,5H2,2-3H3/t6-,7+/m1/s1. The Hall–Kier alpha value is -0.900. The fourth-order valence-electron chi connectivity index (χ4n) is 0.679. The van der Waals surface area contributed by atoms with Crippen LogP contribution in [-0.4, -0.2) is 31.8 Å². The summed E-state index contributed by atoms with van der Waals surface area (Å²) >= 11 is 0. The van der Waals surface area contributed by atoms with E-state index in [0.29, 0.717) is 0 Å². The SMILES string of the molecule is C=C[C@H](NC[C@@H](C)F)C(=O)OC. The number of esters is 1. The second-order valence-electron chi connectivity index (χ2n) is 2.43. The zero-order chi connectivity index (χ0) is 9.56. The van der Waals surface area contributed by atoms with Crippen molar-refractivity contribution < 1.29 is 13.9 Å². The molecule has 1 N–H and O–H groups in total. The Bertz CT molecular complexity index is 159. The van der Waals surface area contributed by atoms with Gasteiger partial charge in [0, 0.05) is 6.54 Å². The highest BCUT2D eigenvalue weighted by molar-refractivity contribution is 5.77. The van der Waals surface area contributed by atoms with Crippen molar-refractivity contribution in [2.45, 2.75) is 19.1 Å². The van der Waals surface area contributed by atoms with Crippen LogP contribution in [0.4, 0.5) is 4.39 Å². The molecule has 3 nitrogen and oxygen atoms in total. The number of nitrogens with one attached hydrogen (secondary N) is 1. The van der Waals surface area contributed by atoms with Gasteiger partial charge in [-0.1, -0.05) is 6.08 Å². The monoisotopic (exact) mass is 175 g/mol. The fourth-order valence-corrected chi connectivity index (χ4v) is 0.679. The molecule has 0 aliphatic heterocycles. The Kier molecular flexibility index (Phi) is 5.28. The van der Waals surface area contributed by atoms with Gasteiger partial charge < -0.3 is 4.74 Å². The predicted molar refractivity (Wildman–Crippen MR) is 44.6 cm³/mol. The second-order valence-corrected chi connectivity index (χ2v) is 2.43. The molecule has 0 rings (SSSR count). The minimum absolute atomic E-state index is 0.117. The molecular weight excluding hydrogens is 161 g/mol. The highest BCUT2D eigenvalue weighted by atomic mass is 19.1. The van der Waals surface area contributed by atoms with E-state index >= 15 is 0 Å². The van der Waals surface area contributed by atoms with Crippen LogP contribution >= 0.6 is 0 Å².